The van der Waals surface area contributed by atoms with E-state index in [1.54, 1.807) is 30.5 Å². The van der Waals surface area contributed by atoms with Gasteiger partial charge in [0.15, 0.2) is 0 Å². The molecule has 0 N–H and O–H groups in total. The Morgan fingerprint density at radius 1 is 1.28 bits per heavy atom. The summed E-state index contributed by atoms with van der Waals surface area (Å²) in [6, 6.07) is 9.45. The van der Waals surface area contributed by atoms with Crippen molar-refractivity contribution in [1.29, 1.82) is 0 Å². The van der Waals surface area contributed by atoms with Crippen molar-refractivity contribution in [3.63, 3.8) is 0 Å². The third-order valence-electron chi connectivity index (χ3n) is 2.40. The zero-order valence-corrected chi connectivity index (χ0v) is 10.3. The number of rotatable bonds is 2. The molecule has 2 aromatic rings. The summed E-state index contributed by atoms with van der Waals surface area (Å²) in [5.74, 6) is -0.497. The van der Waals surface area contributed by atoms with E-state index in [4.69, 9.17) is 11.6 Å². The van der Waals surface area contributed by atoms with E-state index in [0.29, 0.717) is 16.3 Å². The number of hydrogen-bond acceptors (Lipinski definition) is 3. The Morgan fingerprint density at radius 3 is 2.72 bits per heavy atom. The predicted octanol–water partition coefficient (Wildman–Crippen LogP) is 2.28. The molecular formula is C13H10ClNO3. The van der Waals surface area contributed by atoms with E-state index < -0.39 is 5.97 Å². The van der Waals surface area contributed by atoms with Crippen LogP contribution >= 0.6 is 11.6 Å². The lowest BCUT2D eigenvalue weighted by Gasteiger charge is -2.07. The van der Waals surface area contributed by atoms with Crippen molar-refractivity contribution < 1.29 is 9.53 Å². The molecule has 0 spiro atoms. The summed E-state index contributed by atoms with van der Waals surface area (Å²) in [7, 11) is 1.29. The number of hydrogen-bond donors (Lipinski definition) is 0. The molecule has 4 nitrogen and oxygen atoms in total. The van der Waals surface area contributed by atoms with Gasteiger partial charge in [0.25, 0.3) is 5.56 Å². The quantitative estimate of drug-likeness (QED) is 0.781. The minimum atomic E-state index is -0.497. The maximum Gasteiger partial charge on any atom is 0.337 e. The molecule has 0 unspecified atom stereocenters. The van der Waals surface area contributed by atoms with Gasteiger partial charge in [0.1, 0.15) is 0 Å². The molecule has 1 heterocycles. The summed E-state index contributed by atoms with van der Waals surface area (Å²) in [5, 5.41) is 0.364. The van der Waals surface area contributed by atoms with E-state index in [9.17, 15) is 9.59 Å². The first-order chi connectivity index (χ1) is 8.61. The molecule has 0 bridgehead atoms. The standard InChI is InChI=1S/C13H10ClNO3/c1-18-13(17)9-6-10(14)8-11(7-9)15-5-3-2-4-12(15)16/h2-8H,1H3. The van der Waals surface area contributed by atoms with E-state index in [1.807, 2.05) is 0 Å². The fraction of sp³-hybridized carbons (Fsp3) is 0.0769. The molecule has 0 aliphatic rings. The Labute approximate surface area is 108 Å². The zero-order valence-electron chi connectivity index (χ0n) is 9.59. The van der Waals surface area contributed by atoms with Crippen molar-refractivity contribution in [2.75, 3.05) is 7.11 Å². The molecule has 0 atom stereocenters. The number of pyridine rings is 1. The summed E-state index contributed by atoms with van der Waals surface area (Å²) in [6.07, 6.45) is 1.61. The van der Waals surface area contributed by atoms with E-state index in [1.165, 1.54) is 23.8 Å². The molecule has 18 heavy (non-hydrogen) atoms. The molecule has 0 fully saturated rings. The summed E-state index contributed by atoms with van der Waals surface area (Å²) < 4.78 is 6.03. The molecule has 5 heteroatoms. The highest BCUT2D eigenvalue weighted by molar-refractivity contribution is 6.31. The molecule has 1 aromatic heterocycles. The largest absolute Gasteiger partial charge is 0.465 e. The number of methoxy groups -OCH3 is 1. The normalized spacial score (nSPS) is 10.1. The van der Waals surface area contributed by atoms with Crippen LogP contribution in [0.25, 0.3) is 5.69 Å². The van der Waals surface area contributed by atoms with E-state index in [2.05, 4.69) is 4.74 Å². The van der Waals surface area contributed by atoms with Gasteiger partial charge in [0.05, 0.1) is 18.4 Å². The average Bonchev–Trinajstić information content (AvgIpc) is 2.37. The molecular weight excluding hydrogens is 254 g/mol. The Bertz CT molecular complexity index is 649. The Hall–Kier alpha value is -2.07. The highest BCUT2D eigenvalue weighted by atomic mass is 35.5. The van der Waals surface area contributed by atoms with Crippen molar-refractivity contribution in [3.05, 3.63) is 63.5 Å². The van der Waals surface area contributed by atoms with Gasteiger partial charge in [-0.3, -0.25) is 9.36 Å². The van der Waals surface area contributed by atoms with Gasteiger partial charge >= 0.3 is 5.97 Å². The number of esters is 1. The van der Waals surface area contributed by atoms with Crippen molar-refractivity contribution >= 4 is 17.6 Å². The molecule has 2 rings (SSSR count). The molecule has 0 saturated carbocycles. The van der Waals surface area contributed by atoms with Gasteiger partial charge in [-0.25, -0.2) is 4.79 Å². The molecule has 0 radical (unpaired) electrons. The smallest absolute Gasteiger partial charge is 0.337 e. The van der Waals surface area contributed by atoms with Gasteiger partial charge in [-0.05, 0) is 24.3 Å². The fourth-order valence-electron chi connectivity index (χ4n) is 1.59. The van der Waals surface area contributed by atoms with Gasteiger partial charge in [-0.15, -0.1) is 0 Å². The van der Waals surface area contributed by atoms with E-state index in [-0.39, 0.29) is 5.56 Å². The zero-order chi connectivity index (χ0) is 13.1. The van der Waals surface area contributed by atoms with Crippen LogP contribution in [0, 0.1) is 0 Å². The molecule has 92 valence electrons. The number of nitrogens with zero attached hydrogens (tertiary/aromatic N) is 1. The van der Waals surface area contributed by atoms with Crippen molar-refractivity contribution in [3.8, 4) is 5.69 Å². The minimum Gasteiger partial charge on any atom is -0.465 e. The highest BCUT2D eigenvalue weighted by Gasteiger charge is 2.09. The van der Waals surface area contributed by atoms with E-state index >= 15 is 0 Å². The monoisotopic (exact) mass is 263 g/mol. The molecule has 0 amide bonds. The van der Waals surface area contributed by atoms with Crippen LogP contribution < -0.4 is 5.56 Å². The topological polar surface area (TPSA) is 48.3 Å². The maximum atomic E-state index is 11.7. The lowest BCUT2D eigenvalue weighted by atomic mass is 10.2. The SMILES string of the molecule is COC(=O)c1cc(Cl)cc(-n2ccccc2=O)c1. The number of carbonyl (C=O) groups excluding carboxylic acids is 1. The molecule has 0 saturated heterocycles. The predicted molar refractivity (Wildman–Crippen MR) is 68.4 cm³/mol. The second-order valence-corrected chi connectivity index (χ2v) is 4.04. The Kier molecular flexibility index (Phi) is 3.48. The average molecular weight is 264 g/mol. The first-order valence-corrected chi connectivity index (χ1v) is 5.56. The highest BCUT2D eigenvalue weighted by Crippen LogP contribution is 2.18. The number of halogens is 1. The van der Waals surface area contributed by atoms with Gasteiger partial charge in [-0.2, -0.15) is 0 Å². The van der Waals surface area contributed by atoms with Crippen LogP contribution in [0.4, 0.5) is 0 Å². The third-order valence-corrected chi connectivity index (χ3v) is 2.62. The van der Waals surface area contributed by atoms with Crippen LogP contribution in [0.2, 0.25) is 5.02 Å². The summed E-state index contributed by atoms with van der Waals surface area (Å²) in [4.78, 5) is 23.2. The van der Waals surface area contributed by atoms with Crippen LogP contribution in [0.15, 0.2) is 47.4 Å². The van der Waals surface area contributed by atoms with Crippen LogP contribution in [0.1, 0.15) is 10.4 Å². The Balaban J connectivity index is 2.59. The van der Waals surface area contributed by atoms with Crippen LogP contribution in [0.5, 0.6) is 0 Å². The van der Waals surface area contributed by atoms with E-state index in [0.717, 1.165) is 0 Å². The van der Waals surface area contributed by atoms with Crippen LogP contribution in [0.3, 0.4) is 0 Å². The number of carbonyl (C=O) groups is 1. The second kappa shape index (κ2) is 5.06. The number of ether oxygens (including phenoxy) is 1. The number of benzene rings is 1. The first-order valence-electron chi connectivity index (χ1n) is 5.19. The summed E-state index contributed by atoms with van der Waals surface area (Å²) in [6.45, 7) is 0. The van der Waals surface area contributed by atoms with Crippen LogP contribution in [-0.2, 0) is 4.74 Å². The number of aromatic nitrogens is 1. The summed E-state index contributed by atoms with van der Waals surface area (Å²) >= 11 is 5.93. The lowest BCUT2D eigenvalue weighted by molar-refractivity contribution is 0.0600. The van der Waals surface area contributed by atoms with Gasteiger partial charge < -0.3 is 4.74 Å². The molecule has 1 aromatic carbocycles. The van der Waals surface area contributed by atoms with Gasteiger partial charge in [-0.1, -0.05) is 17.7 Å². The second-order valence-electron chi connectivity index (χ2n) is 3.60. The van der Waals surface area contributed by atoms with Crippen molar-refractivity contribution in [2.45, 2.75) is 0 Å². The van der Waals surface area contributed by atoms with Crippen molar-refractivity contribution in [2.24, 2.45) is 0 Å². The summed E-state index contributed by atoms with van der Waals surface area (Å²) in [5.41, 5.74) is 0.625. The van der Waals surface area contributed by atoms with Crippen LogP contribution in [-0.4, -0.2) is 17.6 Å². The third kappa shape index (κ3) is 2.43. The fourth-order valence-corrected chi connectivity index (χ4v) is 1.82. The van der Waals surface area contributed by atoms with Crippen molar-refractivity contribution in [1.82, 2.24) is 4.57 Å². The lowest BCUT2D eigenvalue weighted by Crippen LogP contribution is -2.16. The first kappa shape index (κ1) is 12.4. The Morgan fingerprint density at radius 2 is 2.06 bits per heavy atom. The van der Waals surface area contributed by atoms with Gasteiger partial charge in [0, 0.05) is 17.3 Å². The molecule has 0 aliphatic carbocycles. The maximum absolute atomic E-state index is 11.7. The minimum absolute atomic E-state index is 0.199. The molecule has 0 aliphatic heterocycles. The van der Waals surface area contributed by atoms with Gasteiger partial charge in [0.2, 0.25) is 0 Å².